The van der Waals surface area contributed by atoms with E-state index in [9.17, 15) is 17.6 Å². The van der Waals surface area contributed by atoms with E-state index in [-0.39, 0.29) is 0 Å². The molecule has 0 unspecified atom stereocenters. The molecular formula is C11H13F4N. The summed E-state index contributed by atoms with van der Waals surface area (Å²) in [4.78, 5) is 0. The lowest BCUT2D eigenvalue weighted by molar-refractivity contribution is -0.140. The van der Waals surface area contributed by atoms with Crippen molar-refractivity contribution in [1.29, 1.82) is 0 Å². The lowest BCUT2D eigenvalue weighted by Gasteiger charge is -2.21. The van der Waals surface area contributed by atoms with Gasteiger partial charge in [-0.25, -0.2) is 4.39 Å². The summed E-state index contributed by atoms with van der Waals surface area (Å²) >= 11 is 0. The van der Waals surface area contributed by atoms with Crippen molar-refractivity contribution in [2.45, 2.75) is 32.4 Å². The summed E-state index contributed by atoms with van der Waals surface area (Å²) < 4.78 is 50.7. The molecule has 0 fully saturated rings. The highest BCUT2D eigenvalue weighted by molar-refractivity contribution is 5.49. The van der Waals surface area contributed by atoms with Gasteiger partial charge in [-0.05, 0) is 23.1 Å². The van der Waals surface area contributed by atoms with Crippen molar-refractivity contribution in [3.05, 3.63) is 29.1 Å². The first-order valence-electron chi connectivity index (χ1n) is 4.70. The molecule has 1 aromatic rings. The van der Waals surface area contributed by atoms with E-state index in [0.717, 1.165) is 6.07 Å². The van der Waals surface area contributed by atoms with E-state index in [4.69, 9.17) is 5.73 Å². The Morgan fingerprint density at radius 2 is 1.56 bits per heavy atom. The maximum atomic E-state index is 13.2. The molecule has 90 valence electrons. The largest absolute Gasteiger partial charge is 0.419 e. The molecule has 0 saturated carbocycles. The number of anilines is 1. The van der Waals surface area contributed by atoms with Gasteiger partial charge in [0.2, 0.25) is 0 Å². The zero-order valence-electron chi connectivity index (χ0n) is 9.24. The Balaban J connectivity index is 3.46. The predicted octanol–water partition coefficient (Wildman–Crippen LogP) is 3.72. The van der Waals surface area contributed by atoms with Crippen LogP contribution in [-0.2, 0) is 11.6 Å². The molecule has 1 nitrogen and oxygen atoms in total. The van der Waals surface area contributed by atoms with E-state index in [1.54, 1.807) is 20.8 Å². The predicted molar refractivity (Wildman–Crippen MR) is 54.5 cm³/mol. The van der Waals surface area contributed by atoms with E-state index in [1.807, 2.05) is 0 Å². The third-order valence-corrected chi connectivity index (χ3v) is 2.27. The average Bonchev–Trinajstić information content (AvgIpc) is 2.05. The van der Waals surface area contributed by atoms with Crippen molar-refractivity contribution < 1.29 is 17.6 Å². The smallest absolute Gasteiger partial charge is 0.396 e. The van der Waals surface area contributed by atoms with E-state index in [1.165, 1.54) is 6.07 Å². The van der Waals surface area contributed by atoms with E-state index < -0.39 is 28.7 Å². The normalized spacial score (nSPS) is 12.9. The number of alkyl halides is 3. The zero-order valence-corrected chi connectivity index (χ0v) is 9.24. The third kappa shape index (κ3) is 2.46. The van der Waals surface area contributed by atoms with Gasteiger partial charge in [0.05, 0.1) is 11.3 Å². The van der Waals surface area contributed by atoms with Gasteiger partial charge in [0.1, 0.15) is 0 Å². The summed E-state index contributed by atoms with van der Waals surface area (Å²) in [5.41, 5.74) is 3.31. The minimum Gasteiger partial charge on any atom is -0.396 e. The van der Waals surface area contributed by atoms with Crippen LogP contribution in [0.2, 0.25) is 0 Å². The van der Waals surface area contributed by atoms with Crippen LogP contribution in [0.4, 0.5) is 23.2 Å². The highest BCUT2D eigenvalue weighted by atomic mass is 19.4. The number of nitrogen functional groups attached to an aromatic ring is 1. The highest BCUT2D eigenvalue weighted by Crippen LogP contribution is 2.36. The molecule has 0 aromatic heterocycles. The number of benzene rings is 1. The molecule has 0 spiro atoms. The Morgan fingerprint density at radius 1 is 1.06 bits per heavy atom. The molecule has 0 amide bonds. The summed E-state index contributed by atoms with van der Waals surface area (Å²) in [6, 6.07) is 2.05. The molecule has 0 aliphatic heterocycles. The van der Waals surface area contributed by atoms with Crippen LogP contribution in [0.1, 0.15) is 31.9 Å². The van der Waals surface area contributed by atoms with Gasteiger partial charge in [0.15, 0.2) is 5.82 Å². The van der Waals surface area contributed by atoms with Crippen LogP contribution >= 0.6 is 0 Å². The first-order valence-corrected chi connectivity index (χ1v) is 4.70. The van der Waals surface area contributed by atoms with Crippen molar-refractivity contribution in [3.63, 3.8) is 0 Å². The van der Waals surface area contributed by atoms with E-state index >= 15 is 0 Å². The van der Waals surface area contributed by atoms with Crippen LogP contribution in [-0.4, -0.2) is 0 Å². The first-order chi connectivity index (χ1) is 7.03. The van der Waals surface area contributed by atoms with Gasteiger partial charge in [-0.1, -0.05) is 20.8 Å². The maximum Gasteiger partial charge on any atom is 0.419 e. The van der Waals surface area contributed by atoms with Gasteiger partial charge in [-0.2, -0.15) is 13.2 Å². The minimum atomic E-state index is -4.72. The van der Waals surface area contributed by atoms with Gasteiger partial charge in [0, 0.05) is 0 Å². The van der Waals surface area contributed by atoms with Gasteiger partial charge in [0.25, 0.3) is 0 Å². The molecule has 0 saturated heterocycles. The number of hydrogen-bond acceptors (Lipinski definition) is 1. The van der Waals surface area contributed by atoms with Gasteiger partial charge in [-0.15, -0.1) is 0 Å². The Labute approximate surface area is 91.3 Å². The summed E-state index contributed by atoms with van der Waals surface area (Å²) in [6.45, 7) is 5.21. The Hall–Kier alpha value is -1.26. The second kappa shape index (κ2) is 3.64. The summed E-state index contributed by atoms with van der Waals surface area (Å²) in [5, 5.41) is 0. The van der Waals surface area contributed by atoms with Crippen LogP contribution in [0.15, 0.2) is 12.1 Å². The molecule has 16 heavy (non-hydrogen) atoms. The average molecular weight is 235 g/mol. The molecule has 0 radical (unpaired) electrons. The van der Waals surface area contributed by atoms with E-state index in [2.05, 4.69) is 0 Å². The molecule has 5 heteroatoms. The highest BCUT2D eigenvalue weighted by Gasteiger charge is 2.36. The monoisotopic (exact) mass is 235 g/mol. The lowest BCUT2D eigenvalue weighted by atomic mass is 9.85. The summed E-state index contributed by atoms with van der Waals surface area (Å²) in [5.74, 6) is -1.40. The zero-order chi connectivity index (χ0) is 12.7. The maximum absolute atomic E-state index is 13.2. The Bertz CT molecular complexity index is 402. The minimum absolute atomic E-state index is 0.360. The van der Waals surface area contributed by atoms with Crippen molar-refractivity contribution >= 4 is 5.69 Å². The molecule has 2 N–H and O–H groups in total. The molecule has 0 bridgehead atoms. The number of nitrogens with two attached hydrogens (primary N) is 1. The van der Waals surface area contributed by atoms with Crippen LogP contribution in [0.5, 0.6) is 0 Å². The first kappa shape index (κ1) is 12.8. The number of hydrogen-bond donors (Lipinski definition) is 1. The molecular weight excluding hydrogens is 222 g/mol. The van der Waals surface area contributed by atoms with Crippen molar-refractivity contribution in [1.82, 2.24) is 0 Å². The Morgan fingerprint density at radius 3 is 1.94 bits per heavy atom. The van der Waals surface area contributed by atoms with Gasteiger partial charge >= 0.3 is 6.18 Å². The Kier molecular flexibility index (Phi) is 2.92. The fraction of sp³-hybridized carbons (Fsp3) is 0.455. The second-order valence-corrected chi connectivity index (χ2v) is 4.67. The van der Waals surface area contributed by atoms with Crippen molar-refractivity contribution in [3.8, 4) is 0 Å². The molecule has 1 aromatic carbocycles. The fourth-order valence-electron chi connectivity index (χ4n) is 1.29. The molecule has 0 heterocycles. The van der Waals surface area contributed by atoms with Gasteiger partial charge < -0.3 is 5.73 Å². The number of halogens is 4. The SMILES string of the molecule is CC(C)(C)c1cc(N)c(F)c(C(F)(F)F)c1. The van der Waals surface area contributed by atoms with Crippen LogP contribution in [0, 0.1) is 5.82 Å². The van der Waals surface area contributed by atoms with Crippen LogP contribution in [0.3, 0.4) is 0 Å². The van der Waals surface area contributed by atoms with Crippen LogP contribution < -0.4 is 5.73 Å². The fourth-order valence-corrected chi connectivity index (χ4v) is 1.29. The summed E-state index contributed by atoms with van der Waals surface area (Å²) in [6.07, 6.45) is -4.72. The molecule has 0 atom stereocenters. The topological polar surface area (TPSA) is 26.0 Å². The van der Waals surface area contributed by atoms with Crippen molar-refractivity contribution in [2.24, 2.45) is 0 Å². The van der Waals surface area contributed by atoms with Crippen LogP contribution in [0.25, 0.3) is 0 Å². The van der Waals surface area contributed by atoms with E-state index in [0.29, 0.717) is 5.56 Å². The molecule has 0 aliphatic rings. The molecule has 0 aliphatic carbocycles. The van der Waals surface area contributed by atoms with Gasteiger partial charge in [-0.3, -0.25) is 0 Å². The lowest BCUT2D eigenvalue weighted by Crippen LogP contribution is -2.17. The van der Waals surface area contributed by atoms with Crippen molar-refractivity contribution in [2.75, 3.05) is 5.73 Å². The molecule has 1 rings (SSSR count). The summed E-state index contributed by atoms with van der Waals surface area (Å²) in [7, 11) is 0. The third-order valence-electron chi connectivity index (χ3n) is 2.27. The quantitative estimate of drug-likeness (QED) is 0.538. The second-order valence-electron chi connectivity index (χ2n) is 4.67. The number of rotatable bonds is 0. The standard InChI is InChI=1S/C11H13F4N/c1-10(2,3)6-4-7(11(13,14)15)9(12)8(16)5-6/h4-5H,16H2,1-3H3.